The fourth-order valence-corrected chi connectivity index (χ4v) is 2.38. The number of nitrogens with one attached hydrogen (secondary N) is 1. The van der Waals surface area contributed by atoms with E-state index in [-0.39, 0.29) is 12.0 Å². The zero-order chi connectivity index (χ0) is 13.5. The first kappa shape index (κ1) is 16.9. The Bertz CT molecular complexity index is 191. The van der Waals surface area contributed by atoms with E-state index in [2.05, 4.69) is 44.8 Å². The van der Waals surface area contributed by atoms with E-state index in [4.69, 9.17) is 0 Å². The van der Waals surface area contributed by atoms with Crippen LogP contribution in [0.15, 0.2) is 0 Å². The summed E-state index contributed by atoms with van der Waals surface area (Å²) in [7, 11) is 2.01. The van der Waals surface area contributed by atoms with Crippen molar-refractivity contribution in [1.82, 2.24) is 10.2 Å². The number of hydrogen-bond acceptors (Lipinski definition) is 3. The van der Waals surface area contributed by atoms with Gasteiger partial charge in [-0.1, -0.05) is 27.7 Å². The van der Waals surface area contributed by atoms with Crippen LogP contribution in [0.2, 0.25) is 0 Å². The number of rotatable bonds is 9. The molecule has 2 N–H and O–H groups in total. The molecular formula is C14H32N2O. The smallest absolute Gasteiger partial charge is 0.0558 e. The zero-order valence-corrected chi connectivity index (χ0v) is 12.6. The van der Waals surface area contributed by atoms with Crippen molar-refractivity contribution >= 4 is 0 Å². The molecule has 104 valence electrons. The first-order valence-electron chi connectivity index (χ1n) is 6.95. The molecule has 0 aliphatic rings. The third-order valence-corrected chi connectivity index (χ3v) is 4.06. The molecule has 1 unspecified atom stereocenters. The maximum atomic E-state index is 9.21. The molecule has 0 spiro atoms. The molecule has 0 aromatic carbocycles. The van der Waals surface area contributed by atoms with Gasteiger partial charge in [-0.25, -0.2) is 0 Å². The summed E-state index contributed by atoms with van der Waals surface area (Å²) in [6.45, 7) is 13.3. The third-order valence-electron chi connectivity index (χ3n) is 4.06. The van der Waals surface area contributed by atoms with Gasteiger partial charge in [0, 0.05) is 25.2 Å². The summed E-state index contributed by atoms with van der Waals surface area (Å²) < 4.78 is 0. The van der Waals surface area contributed by atoms with Gasteiger partial charge in [-0.3, -0.25) is 4.90 Å². The van der Waals surface area contributed by atoms with Crippen LogP contribution in [0.1, 0.15) is 47.5 Å². The standard InChI is InChI=1S/C14H32N2O/c1-7-13(8-2)16(9-10-17)11-14(4,5)12(3)15-6/h12-13,15,17H,7-11H2,1-6H3. The average molecular weight is 244 g/mol. The van der Waals surface area contributed by atoms with Gasteiger partial charge in [-0.15, -0.1) is 0 Å². The van der Waals surface area contributed by atoms with Crippen molar-refractivity contribution in [3.63, 3.8) is 0 Å². The van der Waals surface area contributed by atoms with E-state index in [0.29, 0.717) is 12.1 Å². The molecule has 0 aliphatic carbocycles. The molecular weight excluding hydrogens is 212 g/mol. The third kappa shape index (κ3) is 5.36. The molecule has 0 aromatic rings. The summed E-state index contributed by atoms with van der Waals surface area (Å²) in [6, 6.07) is 1.06. The maximum absolute atomic E-state index is 9.21. The van der Waals surface area contributed by atoms with Crippen LogP contribution < -0.4 is 5.32 Å². The Morgan fingerprint density at radius 1 is 1.24 bits per heavy atom. The number of nitrogens with zero attached hydrogens (tertiary/aromatic N) is 1. The van der Waals surface area contributed by atoms with E-state index in [9.17, 15) is 5.11 Å². The second kappa shape index (κ2) is 8.06. The summed E-state index contributed by atoms with van der Waals surface area (Å²) in [5, 5.41) is 12.6. The highest BCUT2D eigenvalue weighted by atomic mass is 16.3. The Balaban J connectivity index is 4.62. The lowest BCUT2D eigenvalue weighted by Crippen LogP contribution is -2.49. The summed E-state index contributed by atoms with van der Waals surface area (Å²) in [6.07, 6.45) is 2.31. The van der Waals surface area contributed by atoms with Gasteiger partial charge in [0.25, 0.3) is 0 Å². The van der Waals surface area contributed by atoms with E-state index in [0.717, 1.165) is 25.9 Å². The minimum absolute atomic E-state index is 0.215. The van der Waals surface area contributed by atoms with Crippen molar-refractivity contribution in [2.75, 3.05) is 26.7 Å². The van der Waals surface area contributed by atoms with E-state index >= 15 is 0 Å². The number of aliphatic hydroxyl groups is 1. The molecule has 0 amide bonds. The Morgan fingerprint density at radius 2 is 1.76 bits per heavy atom. The van der Waals surface area contributed by atoms with Gasteiger partial charge in [0.15, 0.2) is 0 Å². The van der Waals surface area contributed by atoms with Crippen LogP contribution in [-0.4, -0.2) is 48.8 Å². The Labute approximate surface area is 108 Å². The predicted octanol–water partition coefficient (Wildman–Crippen LogP) is 2.10. The first-order chi connectivity index (χ1) is 7.92. The molecule has 0 heterocycles. The SMILES string of the molecule is CCC(CC)N(CCO)CC(C)(C)C(C)NC. The highest BCUT2D eigenvalue weighted by molar-refractivity contribution is 4.85. The van der Waals surface area contributed by atoms with Crippen LogP contribution in [0.5, 0.6) is 0 Å². The number of aliphatic hydroxyl groups excluding tert-OH is 1. The Morgan fingerprint density at radius 3 is 2.12 bits per heavy atom. The van der Waals surface area contributed by atoms with Gasteiger partial charge >= 0.3 is 0 Å². The lowest BCUT2D eigenvalue weighted by atomic mass is 9.84. The summed E-state index contributed by atoms with van der Waals surface area (Å²) in [5.74, 6) is 0. The van der Waals surface area contributed by atoms with Gasteiger partial charge in [-0.2, -0.15) is 0 Å². The first-order valence-corrected chi connectivity index (χ1v) is 6.95. The monoisotopic (exact) mass is 244 g/mol. The minimum Gasteiger partial charge on any atom is -0.395 e. The second-order valence-electron chi connectivity index (χ2n) is 5.66. The van der Waals surface area contributed by atoms with Crippen LogP contribution in [0.4, 0.5) is 0 Å². The minimum atomic E-state index is 0.215. The lowest BCUT2D eigenvalue weighted by molar-refractivity contribution is 0.0829. The van der Waals surface area contributed by atoms with Crippen LogP contribution in [0.3, 0.4) is 0 Å². The van der Waals surface area contributed by atoms with Crippen molar-refractivity contribution < 1.29 is 5.11 Å². The molecule has 0 rings (SSSR count). The highest BCUT2D eigenvalue weighted by Crippen LogP contribution is 2.24. The van der Waals surface area contributed by atoms with Gasteiger partial charge in [0.2, 0.25) is 0 Å². The van der Waals surface area contributed by atoms with Crippen LogP contribution >= 0.6 is 0 Å². The van der Waals surface area contributed by atoms with Crippen LogP contribution in [-0.2, 0) is 0 Å². The normalized spacial score (nSPS) is 14.6. The van der Waals surface area contributed by atoms with Gasteiger partial charge in [0.05, 0.1) is 6.61 Å². The molecule has 0 aliphatic heterocycles. The van der Waals surface area contributed by atoms with E-state index in [1.54, 1.807) is 0 Å². The lowest BCUT2D eigenvalue weighted by Gasteiger charge is -2.40. The van der Waals surface area contributed by atoms with Crippen molar-refractivity contribution in [2.24, 2.45) is 5.41 Å². The van der Waals surface area contributed by atoms with Gasteiger partial charge < -0.3 is 10.4 Å². The Hall–Kier alpha value is -0.120. The molecule has 3 heteroatoms. The topological polar surface area (TPSA) is 35.5 Å². The van der Waals surface area contributed by atoms with Crippen molar-refractivity contribution in [3.8, 4) is 0 Å². The zero-order valence-electron chi connectivity index (χ0n) is 12.6. The van der Waals surface area contributed by atoms with Crippen LogP contribution in [0, 0.1) is 5.41 Å². The molecule has 0 saturated heterocycles. The molecule has 0 radical (unpaired) electrons. The van der Waals surface area contributed by atoms with Crippen molar-refractivity contribution in [2.45, 2.75) is 59.5 Å². The number of hydrogen-bond donors (Lipinski definition) is 2. The molecule has 0 bridgehead atoms. The van der Waals surface area contributed by atoms with E-state index in [1.807, 2.05) is 7.05 Å². The molecule has 0 saturated carbocycles. The van der Waals surface area contributed by atoms with Gasteiger partial charge in [-0.05, 0) is 32.2 Å². The predicted molar refractivity (Wildman–Crippen MR) is 75.3 cm³/mol. The average Bonchev–Trinajstić information content (AvgIpc) is 2.29. The Kier molecular flexibility index (Phi) is 8.01. The van der Waals surface area contributed by atoms with Crippen LogP contribution in [0.25, 0.3) is 0 Å². The summed E-state index contributed by atoms with van der Waals surface area (Å²) >= 11 is 0. The largest absolute Gasteiger partial charge is 0.395 e. The summed E-state index contributed by atoms with van der Waals surface area (Å²) in [5.41, 5.74) is 0.215. The van der Waals surface area contributed by atoms with E-state index < -0.39 is 0 Å². The van der Waals surface area contributed by atoms with E-state index in [1.165, 1.54) is 0 Å². The van der Waals surface area contributed by atoms with Gasteiger partial charge in [0.1, 0.15) is 0 Å². The highest BCUT2D eigenvalue weighted by Gasteiger charge is 2.29. The molecule has 0 aromatic heterocycles. The fraction of sp³-hybridized carbons (Fsp3) is 1.00. The molecule has 3 nitrogen and oxygen atoms in total. The van der Waals surface area contributed by atoms with Crippen molar-refractivity contribution in [1.29, 1.82) is 0 Å². The fourth-order valence-electron chi connectivity index (χ4n) is 2.38. The molecule has 1 atom stereocenters. The van der Waals surface area contributed by atoms with Crippen molar-refractivity contribution in [3.05, 3.63) is 0 Å². The summed E-state index contributed by atoms with van der Waals surface area (Å²) in [4.78, 5) is 2.44. The molecule has 0 fully saturated rings. The maximum Gasteiger partial charge on any atom is 0.0558 e. The second-order valence-corrected chi connectivity index (χ2v) is 5.66. The molecule has 17 heavy (non-hydrogen) atoms. The quantitative estimate of drug-likeness (QED) is 0.652.